The maximum Gasteiger partial charge on any atom is 0.288 e. The lowest BCUT2D eigenvalue weighted by molar-refractivity contribution is -0.123. The van der Waals surface area contributed by atoms with Crippen LogP contribution in [-0.4, -0.2) is 23.4 Å². The van der Waals surface area contributed by atoms with Gasteiger partial charge in [-0.1, -0.05) is 33.8 Å². The van der Waals surface area contributed by atoms with Crippen LogP contribution in [0.5, 0.6) is 5.75 Å². The van der Waals surface area contributed by atoms with Crippen molar-refractivity contribution < 1.29 is 18.3 Å². The molecule has 0 fully saturated rings. The van der Waals surface area contributed by atoms with E-state index in [-0.39, 0.29) is 11.7 Å². The van der Waals surface area contributed by atoms with Crippen molar-refractivity contribution >= 4 is 56.6 Å². The summed E-state index contributed by atoms with van der Waals surface area (Å²) >= 11 is 8.81. The fourth-order valence-corrected chi connectivity index (χ4v) is 2.80. The number of hydrogen-bond donors (Lipinski definition) is 3. The zero-order valence-corrected chi connectivity index (χ0v) is 16.4. The summed E-state index contributed by atoms with van der Waals surface area (Å²) in [7, 11) is 0. The maximum atomic E-state index is 12.3. The SMILES string of the molecule is O=C(COc1cccc(Br)c1)NNC(=S)Nc1ccc(SC(F)F)cc1. The van der Waals surface area contributed by atoms with Crippen molar-refractivity contribution in [3.8, 4) is 5.75 Å². The Morgan fingerprint density at radius 1 is 1.19 bits per heavy atom. The van der Waals surface area contributed by atoms with E-state index in [2.05, 4.69) is 32.1 Å². The van der Waals surface area contributed by atoms with Gasteiger partial charge in [0.05, 0.1) is 0 Å². The van der Waals surface area contributed by atoms with Gasteiger partial charge in [-0.15, -0.1) is 0 Å². The molecule has 2 rings (SSSR count). The first-order valence-electron chi connectivity index (χ1n) is 7.21. The Morgan fingerprint density at radius 3 is 2.58 bits per heavy atom. The number of halogens is 3. The predicted octanol–water partition coefficient (Wildman–Crippen LogP) is 4.16. The lowest BCUT2D eigenvalue weighted by Gasteiger charge is -2.12. The van der Waals surface area contributed by atoms with E-state index in [9.17, 15) is 13.6 Å². The minimum Gasteiger partial charge on any atom is -0.484 e. The Labute approximate surface area is 167 Å². The molecule has 0 aliphatic carbocycles. The van der Waals surface area contributed by atoms with Crippen molar-refractivity contribution in [1.29, 1.82) is 0 Å². The van der Waals surface area contributed by atoms with Crippen molar-refractivity contribution in [3.05, 3.63) is 53.0 Å². The van der Waals surface area contributed by atoms with Crippen LogP contribution in [0, 0.1) is 0 Å². The van der Waals surface area contributed by atoms with Crippen LogP contribution in [0.2, 0.25) is 0 Å². The molecule has 10 heteroatoms. The van der Waals surface area contributed by atoms with Crippen LogP contribution >= 0.6 is 39.9 Å². The molecule has 0 aliphatic heterocycles. The molecule has 26 heavy (non-hydrogen) atoms. The van der Waals surface area contributed by atoms with Crippen molar-refractivity contribution in [2.24, 2.45) is 0 Å². The molecule has 138 valence electrons. The van der Waals surface area contributed by atoms with Gasteiger partial charge in [-0.05, 0) is 54.7 Å². The highest BCUT2D eigenvalue weighted by Gasteiger charge is 2.06. The number of thioether (sulfide) groups is 1. The van der Waals surface area contributed by atoms with Crippen LogP contribution < -0.4 is 20.9 Å². The Balaban J connectivity index is 1.71. The summed E-state index contributed by atoms with van der Waals surface area (Å²) in [6.45, 7) is -0.189. The van der Waals surface area contributed by atoms with Gasteiger partial charge in [0.15, 0.2) is 11.7 Å². The maximum absolute atomic E-state index is 12.3. The highest BCUT2D eigenvalue weighted by atomic mass is 79.9. The first kappa shape index (κ1) is 20.4. The molecule has 0 radical (unpaired) electrons. The first-order valence-corrected chi connectivity index (χ1v) is 9.29. The quantitative estimate of drug-likeness (QED) is 0.341. The number of benzene rings is 2. The van der Waals surface area contributed by atoms with Crippen molar-refractivity contribution in [2.75, 3.05) is 11.9 Å². The standard InChI is InChI=1S/C16H14BrF2N3O2S2/c17-10-2-1-3-12(8-10)24-9-14(23)21-22-16(25)20-11-4-6-13(7-5-11)26-15(18)19/h1-8,15H,9H2,(H,21,23)(H2,20,22,25). The van der Waals surface area contributed by atoms with E-state index in [1.807, 2.05) is 6.07 Å². The summed E-state index contributed by atoms with van der Waals surface area (Å²) in [6.07, 6.45) is 0. The van der Waals surface area contributed by atoms with Gasteiger partial charge in [0.2, 0.25) is 0 Å². The van der Waals surface area contributed by atoms with Gasteiger partial charge in [0.1, 0.15) is 5.75 Å². The molecule has 3 N–H and O–H groups in total. The molecule has 2 aromatic carbocycles. The fraction of sp³-hybridized carbons (Fsp3) is 0.125. The second kappa shape index (κ2) is 10.3. The number of nitrogens with one attached hydrogen (secondary N) is 3. The molecule has 5 nitrogen and oxygen atoms in total. The van der Waals surface area contributed by atoms with Gasteiger partial charge < -0.3 is 10.1 Å². The van der Waals surface area contributed by atoms with E-state index >= 15 is 0 Å². The minimum absolute atomic E-state index is 0.148. The van der Waals surface area contributed by atoms with Crippen LogP contribution in [-0.2, 0) is 4.79 Å². The van der Waals surface area contributed by atoms with Crippen molar-refractivity contribution in [3.63, 3.8) is 0 Å². The van der Waals surface area contributed by atoms with Crippen LogP contribution in [0.1, 0.15) is 0 Å². The average molecular weight is 462 g/mol. The zero-order valence-electron chi connectivity index (χ0n) is 13.2. The van der Waals surface area contributed by atoms with E-state index in [0.717, 1.165) is 4.47 Å². The summed E-state index contributed by atoms with van der Waals surface area (Å²) in [4.78, 5) is 12.2. The molecule has 0 atom stereocenters. The Morgan fingerprint density at radius 2 is 1.92 bits per heavy atom. The Bertz CT molecular complexity index is 763. The van der Waals surface area contributed by atoms with Crippen molar-refractivity contribution in [2.45, 2.75) is 10.7 Å². The molecule has 0 bridgehead atoms. The van der Waals surface area contributed by atoms with Gasteiger partial charge >= 0.3 is 0 Å². The third kappa shape index (κ3) is 7.54. The van der Waals surface area contributed by atoms with Gasteiger partial charge in [-0.25, -0.2) is 0 Å². The number of anilines is 1. The molecule has 0 spiro atoms. The Hall–Kier alpha value is -1.91. The molecule has 0 saturated heterocycles. The topological polar surface area (TPSA) is 62.4 Å². The normalized spacial score (nSPS) is 10.3. The van der Waals surface area contributed by atoms with Crippen LogP contribution in [0.3, 0.4) is 0 Å². The molecule has 0 aliphatic rings. The van der Waals surface area contributed by atoms with Gasteiger partial charge in [0, 0.05) is 15.1 Å². The lowest BCUT2D eigenvalue weighted by atomic mass is 10.3. The van der Waals surface area contributed by atoms with Gasteiger partial charge in [0.25, 0.3) is 11.7 Å². The van der Waals surface area contributed by atoms with Crippen LogP contribution in [0.4, 0.5) is 14.5 Å². The van der Waals surface area contributed by atoms with E-state index in [1.54, 1.807) is 42.5 Å². The summed E-state index contributed by atoms with van der Waals surface area (Å²) in [5.74, 6) is -2.33. The second-order valence-electron chi connectivity index (χ2n) is 4.78. The number of hydrogen-bond acceptors (Lipinski definition) is 4. The van der Waals surface area contributed by atoms with E-state index in [0.29, 0.717) is 28.1 Å². The van der Waals surface area contributed by atoms with E-state index < -0.39 is 11.7 Å². The summed E-state index contributed by atoms with van der Waals surface area (Å²) in [5.41, 5.74) is 5.52. The van der Waals surface area contributed by atoms with Crippen LogP contribution in [0.15, 0.2) is 57.9 Å². The van der Waals surface area contributed by atoms with Crippen LogP contribution in [0.25, 0.3) is 0 Å². The number of thiocarbonyl (C=S) groups is 1. The number of ether oxygens (including phenoxy) is 1. The molecular formula is C16H14BrF2N3O2S2. The Kier molecular flexibility index (Phi) is 8.07. The third-order valence-corrected chi connectivity index (χ3v) is 4.24. The minimum atomic E-state index is -2.47. The van der Waals surface area contributed by atoms with Gasteiger partial charge in [-0.3, -0.25) is 15.6 Å². The number of carbonyl (C=O) groups is 1. The van der Waals surface area contributed by atoms with Crippen molar-refractivity contribution in [1.82, 2.24) is 10.9 Å². The van der Waals surface area contributed by atoms with E-state index in [1.165, 1.54) is 0 Å². The number of amides is 1. The third-order valence-electron chi connectivity index (χ3n) is 2.82. The summed E-state index contributed by atoms with van der Waals surface area (Å²) in [6, 6.07) is 13.4. The first-order chi connectivity index (χ1) is 12.4. The highest BCUT2D eigenvalue weighted by Crippen LogP contribution is 2.26. The predicted molar refractivity (Wildman–Crippen MR) is 105 cm³/mol. The molecule has 0 unspecified atom stereocenters. The number of alkyl halides is 2. The second-order valence-corrected chi connectivity index (χ2v) is 7.16. The molecule has 0 heterocycles. The lowest BCUT2D eigenvalue weighted by Crippen LogP contribution is -2.45. The largest absolute Gasteiger partial charge is 0.484 e. The zero-order chi connectivity index (χ0) is 18.9. The average Bonchev–Trinajstić information content (AvgIpc) is 2.59. The summed E-state index contributed by atoms with van der Waals surface area (Å²) in [5, 5.41) is 2.97. The molecule has 1 amide bonds. The van der Waals surface area contributed by atoms with Gasteiger partial charge in [-0.2, -0.15) is 8.78 Å². The fourth-order valence-electron chi connectivity index (χ4n) is 1.75. The highest BCUT2D eigenvalue weighted by molar-refractivity contribution is 9.10. The molecule has 0 aromatic heterocycles. The number of rotatable bonds is 6. The number of carbonyl (C=O) groups excluding carboxylic acids is 1. The molecule has 0 saturated carbocycles. The molecular weight excluding hydrogens is 448 g/mol. The van der Waals surface area contributed by atoms with E-state index in [4.69, 9.17) is 17.0 Å². The smallest absolute Gasteiger partial charge is 0.288 e. The monoisotopic (exact) mass is 461 g/mol. The number of hydrazine groups is 1. The summed E-state index contributed by atoms with van der Waals surface area (Å²) < 4.78 is 30.7. The molecule has 2 aromatic rings.